The molecule has 2 aromatic carbocycles. The van der Waals surface area contributed by atoms with Crippen LogP contribution >= 0.6 is 0 Å². The summed E-state index contributed by atoms with van der Waals surface area (Å²) in [5.41, 5.74) is -1.09. The fourth-order valence-electron chi connectivity index (χ4n) is 5.02. The third-order valence-electron chi connectivity index (χ3n) is 7.18. The average molecular weight is 604 g/mol. The fourth-order valence-corrected chi connectivity index (χ4v) is 5.02. The van der Waals surface area contributed by atoms with Crippen LogP contribution in [0.5, 0.6) is 0 Å². The number of pyridine rings is 1. The van der Waals surface area contributed by atoms with E-state index in [2.05, 4.69) is 25.2 Å². The SMILES string of the molecule is CCOC(=O)C1CCN(Cc2nc(Nc3ccc(C(F)(F)F)cc3)c3ccc(-c4ncccc4C(F)(F)F)cc3n2)CC1. The number of ether oxygens (including phenoxy) is 1. The maximum absolute atomic E-state index is 13.7. The van der Waals surface area contributed by atoms with Crippen molar-refractivity contribution >= 4 is 28.4 Å². The van der Waals surface area contributed by atoms with Gasteiger partial charge in [-0.1, -0.05) is 6.07 Å². The number of likely N-dealkylation sites (tertiary alicyclic amines) is 1. The highest BCUT2D eigenvalue weighted by Crippen LogP contribution is 2.37. The van der Waals surface area contributed by atoms with Gasteiger partial charge in [-0.25, -0.2) is 9.97 Å². The van der Waals surface area contributed by atoms with Gasteiger partial charge in [0.15, 0.2) is 0 Å². The molecule has 0 atom stereocenters. The number of piperidine rings is 1. The number of nitrogens with zero attached hydrogens (tertiary/aromatic N) is 4. The van der Waals surface area contributed by atoms with Crippen molar-refractivity contribution in [2.24, 2.45) is 5.92 Å². The molecule has 1 aliphatic rings. The first-order chi connectivity index (χ1) is 20.4. The molecule has 5 rings (SSSR count). The molecule has 0 bridgehead atoms. The highest BCUT2D eigenvalue weighted by Gasteiger charge is 2.34. The number of anilines is 2. The summed E-state index contributed by atoms with van der Waals surface area (Å²) in [5.74, 6) is 0.206. The first kappa shape index (κ1) is 30.2. The average Bonchev–Trinajstić information content (AvgIpc) is 2.97. The zero-order valence-corrected chi connectivity index (χ0v) is 23.0. The van der Waals surface area contributed by atoms with Gasteiger partial charge in [0.05, 0.1) is 41.4 Å². The van der Waals surface area contributed by atoms with Gasteiger partial charge >= 0.3 is 18.3 Å². The summed E-state index contributed by atoms with van der Waals surface area (Å²) in [7, 11) is 0. The summed E-state index contributed by atoms with van der Waals surface area (Å²) in [5, 5.41) is 3.50. The molecule has 1 saturated heterocycles. The zero-order chi connectivity index (χ0) is 30.8. The second-order valence-corrected chi connectivity index (χ2v) is 10.1. The van der Waals surface area contributed by atoms with E-state index in [1.165, 1.54) is 36.5 Å². The van der Waals surface area contributed by atoms with Gasteiger partial charge in [0.1, 0.15) is 11.6 Å². The topological polar surface area (TPSA) is 80.2 Å². The minimum absolute atomic E-state index is 0.195. The largest absolute Gasteiger partial charge is 0.466 e. The Kier molecular flexibility index (Phi) is 8.54. The Bertz CT molecular complexity index is 1600. The number of hydrogen-bond acceptors (Lipinski definition) is 7. The van der Waals surface area contributed by atoms with E-state index >= 15 is 0 Å². The summed E-state index contributed by atoms with van der Waals surface area (Å²) in [6.45, 7) is 3.51. The number of aromatic nitrogens is 3. The number of fused-ring (bicyclic) bond motifs is 1. The lowest BCUT2D eigenvalue weighted by Crippen LogP contribution is -2.37. The van der Waals surface area contributed by atoms with Gasteiger partial charge in [-0.15, -0.1) is 0 Å². The van der Waals surface area contributed by atoms with Crippen LogP contribution in [-0.2, 0) is 28.4 Å². The predicted molar refractivity (Wildman–Crippen MR) is 147 cm³/mol. The molecule has 7 nitrogen and oxygen atoms in total. The highest BCUT2D eigenvalue weighted by atomic mass is 19.4. The van der Waals surface area contributed by atoms with Gasteiger partial charge in [0.25, 0.3) is 0 Å². The van der Waals surface area contributed by atoms with E-state index in [0.717, 1.165) is 18.2 Å². The summed E-state index contributed by atoms with van der Waals surface area (Å²) >= 11 is 0. The molecule has 0 radical (unpaired) electrons. The number of benzene rings is 2. The van der Waals surface area contributed by atoms with Crippen molar-refractivity contribution in [3.8, 4) is 11.3 Å². The molecule has 0 spiro atoms. The summed E-state index contributed by atoms with van der Waals surface area (Å²) in [6.07, 6.45) is -6.66. The molecule has 0 aliphatic carbocycles. The molecule has 2 aromatic heterocycles. The Morgan fingerprint density at radius 1 is 0.977 bits per heavy atom. The van der Waals surface area contributed by atoms with Crippen LogP contribution in [0.1, 0.15) is 36.7 Å². The number of nitrogens with one attached hydrogen (secondary N) is 1. The fraction of sp³-hybridized carbons (Fsp3) is 0.333. The Morgan fingerprint density at radius 2 is 1.70 bits per heavy atom. The third kappa shape index (κ3) is 7.04. The molecule has 0 unspecified atom stereocenters. The number of carbonyl (C=O) groups is 1. The van der Waals surface area contributed by atoms with Crippen molar-refractivity contribution in [3.63, 3.8) is 0 Å². The molecule has 4 aromatic rings. The number of hydrogen-bond donors (Lipinski definition) is 1. The molecule has 3 heterocycles. The monoisotopic (exact) mass is 603 g/mol. The second-order valence-electron chi connectivity index (χ2n) is 10.1. The van der Waals surface area contributed by atoms with Gasteiger partial charge in [-0.2, -0.15) is 26.3 Å². The number of alkyl halides is 6. The predicted octanol–water partition coefficient (Wildman–Crippen LogP) is 7.25. The maximum Gasteiger partial charge on any atom is 0.418 e. The summed E-state index contributed by atoms with van der Waals surface area (Å²) in [4.78, 5) is 27.4. The van der Waals surface area contributed by atoms with Crippen molar-refractivity contribution in [2.75, 3.05) is 25.0 Å². The van der Waals surface area contributed by atoms with Crippen LogP contribution in [0.4, 0.5) is 37.8 Å². The van der Waals surface area contributed by atoms with Crippen LogP contribution in [0.2, 0.25) is 0 Å². The van der Waals surface area contributed by atoms with Crippen LogP contribution in [0, 0.1) is 5.92 Å². The molecule has 43 heavy (non-hydrogen) atoms. The van der Waals surface area contributed by atoms with E-state index in [4.69, 9.17) is 4.74 Å². The molecule has 1 fully saturated rings. The Balaban J connectivity index is 1.49. The molecule has 0 saturated carbocycles. The number of carbonyl (C=O) groups excluding carboxylic acids is 1. The quantitative estimate of drug-likeness (QED) is 0.176. The highest BCUT2D eigenvalue weighted by molar-refractivity contribution is 5.93. The normalized spacial score (nSPS) is 15.0. The van der Waals surface area contributed by atoms with Crippen molar-refractivity contribution < 1.29 is 35.9 Å². The van der Waals surface area contributed by atoms with Crippen LogP contribution in [0.15, 0.2) is 60.8 Å². The van der Waals surface area contributed by atoms with Gasteiger partial charge in [0, 0.05) is 22.8 Å². The van der Waals surface area contributed by atoms with E-state index in [9.17, 15) is 31.1 Å². The van der Waals surface area contributed by atoms with E-state index in [1.807, 2.05) is 0 Å². The van der Waals surface area contributed by atoms with Crippen molar-refractivity contribution in [3.05, 3.63) is 77.7 Å². The van der Waals surface area contributed by atoms with Crippen LogP contribution < -0.4 is 5.32 Å². The maximum atomic E-state index is 13.7. The van der Waals surface area contributed by atoms with E-state index < -0.39 is 23.5 Å². The van der Waals surface area contributed by atoms with E-state index in [0.29, 0.717) is 55.0 Å². The van der Waals surface area contributed by atoms with E-state index in [1.54, 1.807) is 13.0 Å². The number of halogens is 6. The lowest BCUT2D eigenvalue weighted by atomic mass is 9.97. The molecule has 1 N–H and O–H groups in total. The minimum Gasteiger partial charge on any atom is -0.466 e. The van der Waals surface area contributed by atoms with Gasteiger partial charge in [0.2, 0.25) is 0 Å². The second kappa shape index (κ2) is 12.2. The summed E-state index contributed by atoms with van der Waals surface area (Å²) in [6, 6.07) is 11.1. The molecule has 226 valence electrons. The van der Waals surface area contributed by atoms with Crippen LogP contribution in [-0.4, -0.2) is 45.5 Å². The van der Waals surface area contributed by atoms with Crippen molar-refractivity contribution in [2.45, 2.75) is 38.7 Å². The first-order valence-corrected chi connectivity index (χ1v) is 13.6. The Hall–Kier alpha value is -4.26. The zero-order valence-electron chi connectivity index (χ0n) is 23.0. The third-order valence-corrected chi connectivity index (χ3v) is 7.18. The van der Waals surface area contributed by atoms with Gasteiger partial charge < -0.3 is 10.1 Å². The number of rotatable bonds is 7. The minimum atomic E-state index is -4.62. The Morgan fingerprint density at radius 3 is 2.35 bits per heavy atom. The van der Waals surface area contributed by atoms with Gasteiger partial charge in [-0.3, -0.25) is 14.7 Å². The van der Waals surface area contributed by atoms with Crippen LogP contribution in [0.25, 0.3) is 22.2 Å². The van der Waals surface area contributed by atoms with Crippen molar-refractivity contribution in [1.82, 2.24) is 19.9 Å². The first-order valence-electron chi connectivity index (χ1n) is 13.6. The Labute approximate surface area is 242 Å². The molecule has 13 heteroatoms. The lowest BCUT2D eigenvalue weighted by molar-refractivity contribution is -0.149. The lowest BCUT2D eigenvalue weighted by Gasteiger charge is -2.30. The smallest absolute Gasteiger partial charge is 0.418 e. The van der Waals surface area contributed by atoms with E-state index in [-0.39, 0.29) is 35.5 Å². The van der Waals surface area contributed by atoms with Gasteiger partial charge in [-0.05, 0) is 81.4 Å². The molecular weight excluding hydrogens is 576 g/mol. The standard InChI is InChI=1S/C30H27F6N5O2/c1-2-43-28(42)18-11-14-41(15-12-18)17-25-39-24-16-19(26-23(30(34,35)36)4-3-13-37-26)5-10-22(24)27(40-25)38-21-8-6-20(7-9-21)29(31,32)33/h3-10,13,16,18H,2,11-12,14-15,17H2,1H3,(H,38,39,40). The molecule has 0 amide bonds. The number of esters is 1. The van der Waals surface area contributed by atoms with Crippen molar-refractivity contribution in [1.29, 1.82) is 0 Å². The van der Waals surface area contributed by atoms with Crippen LogP contribution in [0.3, 0.4) is 0 Å². The molecule has 1 aliphatic heterocycles. The molecular formula is C30H27F6N5O2. The summed E-state index contributed by atoms with van der Waals surface area (Å²) < 4.78 is 85.5.